The molecule has 0 bridgehead atoms. The summed E-state index contributed by atoms with van der Waals surface area (Å²) in [6, 6.07) is 9.49. The molecule has 1 fully saturated rings. The number of likely N-dealkylation sites (tertiary alicyclic amines) is 1. The van der Waals surface area contributed by atoms with Crippen molar-refractivity contribution in [1.29, 1.82) is 0 Å². The standard InChI is InChI=1S/C27H42N2O4/c1-8-12-22(18(2)28-20(4)31)15-24-23(19(3)30)16-25(26(32)33-27(5,6)7)29(24)17-21-13-10-9-11-14-21/h9-11,13-14,18,22-25H,8,12,15-17H2,1-7H3,(H,28,31)/t18?,22?,23-,24+,25+/m0/s1. The highest BCUT2D eigenvalue weighted by molar-refractivity contribution is 5.83. The van der Waals surface area contributed by atoms with Crippen molar-refractivity contribution in [3.8, 4) is 0 Å². The molecule has 5 atom stereocenters. The van der Waals surface area contributed by atoms with Crippen LogP contribution in [0.15, 0.2) is 30.3 Å². The molecule has 2 unspecified atom stereocenters. The van der Waals surface area contributed by atoms with Crippen molar-refractivity contribution in [2.24, 2.45) is 11.8 Å². The highest BCUT2D eigenvalue weighted by Gasteiger charge is 2.48. The van der Waals surface area contributed by atoms with Crippen molar-refractivity contribution in [3.63, 3.8) is 0 Å². The second kappa shape index (κ2) is 11.8. The molecule has 1 aromatic rings. The van der Waals surface area contributed by atoms with E-state index in [4.69, 9.17) is 4.74 Å². The second-order valence-electron chi connectivity index (χ2n) is 10.5. The lowest BCUT2D eigenvalue weighted by molar-refractivity contribution is -0.161. The predicted octanol–water partition coefficient (Wildman–Crippen LogP) is 4.51. The van der Waals surface area contributed by atoms with Crippen molar-refractivity contribution >= 4 is 17.7 Å². The Bertz CT molecular complexity index is 802. The van der Waals surface area contributed by atoms with Gasteiger partial charge in [0.15, 0.2) is 0 Å². The molecule has 0 spiro atoms. The molecule has 1 aromatic carbocycles. The van der Waals surface area contributed by atoms with E-state index in [0.717, 1.165) is 24.8 Å². The molecule has 0 aliphatic carbocycles. The lowest BCUT2D eigenvalue weighted by Gasteiger charge is -2.35. The molecule has 33 heavy (non-hydrogen) atoms. The zero-order valence-corrected chi connectivity index (χ0v) is 21.4. The Balaban J connectivity index is 2.40. The number of esters is 1. The first-order valence-electron chi connectivity index (χ1n) is 12.2. The summed E-state index contributed by atoms with van der Waals surface area (Å²) in [6.07, 6.45) is 3.14. The summed E-state index contributed by atoms with van der Waals surface area (Å²) >= 11 is 0. The molecule has 1 aliphatic heterocycles. The fourth-order valence-corrected chi connectivity index (χ4v) is 5.05. The van der Waals surface area contributed by atoms with Gasteiger partial charge in [0.05, 0.1) is 0 Å². The molecule has 1 N–H and O–H groups in total. The molecular formula is C27H42N2O4. The number of hydrogen-bond donors (Lipinski definition) is 1. The minimum Gasteiger partial charge on any atom is -0.459 e. The Labute approximate surface area is 199 Å². The first-order chi connectivity index (χ1) is 15.4. The number of amides is 1. The van der Waals surface area contributed by atoms with Gasteiger partial charge in [0.25, 0.3) is 0 Å². The SMILES string of the molecule is CCCC(C[C@@H]1[C@H](C(C)=O)C[C@H](C(=O)OC(C)(C)C)N1Cc1ccccc1)C(C)NC(C)=O. The molecule has 0 saturated carbocycles. The first kappa shape index (κ1) is 27.0. The lowest BCUT2D eigenvalue weighted by Crippen LogP contribution is -2.46. The van der Waals surface area contributed by atoms with Crippen LogP contribution in [0.25, 0.3) is 0 Å². The Morgan fingerprint density at radius 2 is 1.79 bits per heavy atom. The number of nitrogens with zero attached hydrogens (tertiary/aromatic N) is 1. The van der Waals surface area contributed by atoms with E-state index in [9.17, 15) is 14.4 Å². The number of carbonyl (C=O) groups excluding carboxylic acids is 3. The summed E-state index contributed by atoms with van der Waals surface area (Å²) in [5, 5.41) is 3.04. The quantitative estimate of drug-likeness (QED) is 0.522. The number of hydrogen-bond acceptors (Lipinski definition) is 5. The summed E-state index contributed by atoms with van der Waals surface area (Å²) in [7, 11) is 0. The summed E-state index contributed by atoms with van der Waals surface area (Å²) in [4.78, 5) is 39.9. The zero-order chi connectivity index (χ0) is 24.8. The second-order valence-corrected chi connectivity index (χ2v) is 10.5. The van der Waals surface area contributed by atoms with Crippen molar-refractivity contribution in [1.82, 2.24) is 10.2 Å². The van der Waals surface area contributed by atoms with E-state index in [0.29, 0.717) is 13.0 Å². The van der Waals surface area contributed by atoms with Crippen LogP contribution < -0.4 is 5.32 Å². The molecule has 2 rings (SSSR count). The van der Waals surface area contributed by atoms with Crippen LogP contribution in [0.5, 0.6) is 0 Å². The maximum atomic E-state index is 13.2. The largest absolute Gasteiger partial charge is 0.459 e. The number of benzene rings is 1. The van der Waals surface area contributed by atoms with Crippen molar-refractivity contribution in [3.05, 3.63) is 35.9 Å². The number of ketones is 1. The Morgan fingerprint density at radius 3 is 2.30 bits per heavy atom. The van der Waals surface area contributed by atoms with Gasteiger partial charge >= 0.3 is 5.97 Å². The van der Waals surface area contributed by atoms with Crippen LogP contribution >= 0.6 is 0 Å². The third-order valence-electron chi connectivity index (χ3n) is 6.52. The van der Waals surface area contributed by atoms with E-state index in [1.54, 1.807) is 6.92 Å². The van der Waals surface area contributed by atoms with Crippen LogP contribution in [0.1, 0.15) is 79.7 Å². The lowest BCUT2D eigenvalue weighted by atomic mass is 9.83. The average molecular weight is 459 g/mol. The van der Waals surface area contributed by atoms with Crippen LogP contribution in [-0.2, 0) is 25.7 Å². The highest BCUT2D eigenvalue weighted by atomic mass is 16.6. The fourth-order valence-electron chi connectivity index (χ4n) is 5.05. The summed E-state index contributed by atoms with van der Waals surface area (Å²) in [5.41, 5.74) is 0.506. The molecule has 0 aromatic heterocycles. The van der Waals surface area contributed by atoms with Gasteiger partial charge in [0.2, 0.25) is 5.91 Å². The molecule has 6 heteroatoms. The maximum absolute atomic E-state index is 13.2. The van der Waals surface area contributed by atoms with E-state index >= 15 is 0 Å². The van der Waals surface area contributed by atoms with Gasteiger partial charge in [-0.2, -0.15) is 0 Å². The normalized spacial score (nSPS) is 23.1. The molecule has 0 radical (unpaired) electrons. The monoisotopic (exact) mass is 458 g/mol. The molecule has 1 amide bonds. The Morgan fingerprint density at radius 1 is 1.15 bits per heavy atom. The minimum atomic E-state index is -0.593. The van der Waals surface area contributed by atoms with Gasteiger partial charge in [-0.25, -0.2) is 0 Å². The topological polar surface area (TPSA) is 75.7 Å². The van der Waals surface area contributed by atoms with Crippen molar-refractivity contribution < 1.29 is 19.1 Å². The van der Waals surface area contributed by atoms with E-state index < -0.39 is 11.6 Å². The van der Waals surface area contributed by atoms with E-state index in [1.807, 2.05) is 58.0 Å². The van der Waals surface area contributed by atoms with Crippen LogP contribution in [0.3, 0.4) is 0 Å². The molecule has 1 heterocycles. The van der Waals surface area contributed by atoms with Crippen LogP contribution in [-0.4, -0.2) is 46.3 Å². The van der Waals surface area contributed by atoms with Gasteiger partial charge in [-0.15, -0.1) is 0 Å². The van der Waals surface area contributed by atoms with Gasteiger partial charge in [-0.05, 0) is 65.4 Å². The molecule has 6 nitrogen and oxygen atoms in total. The van der Waals surface area contributed by atoms with Gasteiger partial charge in [-0.3, -0.25) is 19.3 Å². The summed E-state index contributed by atoms with van der Waals surface area (Å²) in [5.74, 6) is -0.247. The number of rotatable bonds is 10. The molecular weight excluding hydrogens is 416 g/mol. The third-order valence-corrected chi connectivity index (χ3v) is 6.52. The van der Waals surface area contributed by atoms with Gasteiger partial charge in [-0.1, -0.05) is 43.7 Å². The zero-order valence-electron chi connectivity index (χ0n) is 21.4. The Kier molecular flexibility index (Phi) is 9.65. The maximum Gasteiger partial charge on any atom is 0.323 e. The molecule has 1 saturated heterocycles. The third kappa shape index (κ3) is 7.95. The predicted molar refractivity (Wildman–Crippen MR) is 130 cm³/mol. The van der Waals surface area contributed by atoms with E-state index in [2.05, 4.69) is 17.1 Å². The van der Waals surface area contributed by atoms with Crippen molar-refractivity contribution in [2.45, 2.75) is 104 Å². The minimum absolute atomic E-state index is 0.00536. The van der Waals surface area contributed by atoms with Gasteiger partial charge < -0.3 is 10.1 Å². The fraction of sp³-hybridized carbons (Fsp3) is 0.667. The van der Waals surface area contributed by atoms with E-state index in [-0.39, 0.29) is 41.6 Å². The molecule has 1 aliphatic rings. The average Bonchev–Trinajstić information content (AvgIpc) is 3.05. The Hall–Kier alpha value is -2.21. The van der Waals surface area contributed by atoms with Crippen LogP contribution in [0.2, 0.25) is 0 Å². The van der Waals surface area contributed by atoms with Gasteiger partial charge in [0, 0.05) is 31.5 Å². The summed E-state index contributed by atoms with van der Waals surface area (Å²) < 4.78 is 5.77. The number of ether oxygens (including phenoxy) is 1. The van der Waals surface area contributed by atoms with Crippen LogP contribution in [0.4, 0.5) is 0 Å². The molecule has 184 valence electrons. The van der Waals surface area contributed by atoms with Gasteiger partial charge in [0.1, 0.15) is 17.4 Å². The highest BCUT2D eigenvalue weighted by Crippen LogP contribution is 2.38. The summed E-state index contributed by atoms with van der Waals surface area (Å²) in [6.45, 7) is 13.5. The first-order valence-corrected chi connectivity index (χ1v) is 12.2. The van der Waals surface area contributed by atoms with Crippen molar-refractivity contribution in [2.75, 3.05) is 0 Å². The smallest absolute Gasteiger partial charge is 0.323 e. The number of nitrogens with one attached hydrogen (secondary N) is 1. The van der Waals surface area contributed by atoms with E-state index in [1.165, 1.54) is 6.92 Å². The van der Waals surface area contributed by atoms with Crippen LogP contribution in [0, 0.1) is 11.8 Å². The number of carbonyl (C=O) groups is 3. The number of Topliss-reactive ketones (excluding diaryl/α,β-unsaturated/α-hetero) is 1.